The summed E-state index contributed by atoms with van der Waals surface area (Å²) >= 11 is 0. The number of nitrogens with zero attached hydrogens (tertiary/aromatic N) is 2. The van der Waals surface area contributed by atoms with E-state index in [2.05, 4.69) is 10.1 Å². The van der Waals surface area contributed by atoms with Gasteiger partial charge in [0, 0.05) is 12.3 Å². The standard InChI is InChI=1S/C9H10F3N3O2/c1-4-13-7(17-15-4)3-5-2-6(9(10,11)12)14-8(5)16/h5-6H,2-3H2,1H3,(H,14,16). The Morgan fingerprint density at radius 1 is 1.53 bits per heavy atom. The Hall–Kier alpha value is -1.60. The average molecular weight is 249 g/mol. The van der Waals surface area contributed by atoms with Crippen LogP contribution in [0.25, 0.3) is 0 Å². The van der Waals surface area contributed by atoms with E-state index < -0.39 is 24.0 Å². The molecule has 94 valence electrons. The quantitative estimate of drug-likeness (QED) is 0.848. The summed E-state index contributed by atoms with van der Waals surface area (Å²) in [5.41, 5.74) is 0. The zero-order chi connectivity index (χ0) is 12.6. The number of hydrogen-bond acceptors (Lipinski definition) is 4. The van der Waals surface area contributed by atoms with Gasteiger partial charge in [0.15, 0.2) is 5.82 Å². The number of carbonyl (C=O) groups is 1. The summed E-state index contributed by atoms with van der Waals surface area (Å²) in [5.74, 6) is -0.805. The second kappa shape index (κ2) is 4.01. The van der Waals surface area contributed by atoms with E-state index in [4.69, 9.17) is 4.52 Å². The fraction of sp³-hybridized carbons (Fsp3) is 0.667. The van der Waals surface area contributed by atoms with Crippen LogP contribution in [0.15, 0.2) is 4.52 Å². The lowest BCUT2D eigenvalue weighted by Crippen LogP contribution is -2.38. The van der Waals surface area contributed by atoms with Crippen molar-refractivity contribution in [1.82, 2.24) is 15.5 Å². The zero-order valence-corrected chi connectivity index (χ0v) is 8.91. The highest BCUT2D eigenvalue weighted by molar-refractivity contribution is 5.81. The molecule has 0 radical (unpaired) electrons. The molecule has 0 aliphatic carbocycles. The van der Waals surface area contributed by atoms with Gasteiger partial charge in [-0.25, -0.2) is 0 Å². The van der Waals surface area contributed by atoms with Crippen molar-refractivity contribution >= 4 is 5.91 Å². The number of alkyl halides is 3. The van der Waals surface area contributed by atoms with Crippen molar-refractivity contribution in [2.45, 2.75) is 32.0 Å². The Morgan fingerprint density at radius 2 is 2.24 bits per heavy atom. The minimum Gasteiger partial charge on any atom is -0.344 e. The van der Waals surface area contributed by atoms with Gasteiger partial charge < -0.3 is 9.84 Å². The maximum Gasteiger partial charge on any atom is 0.408 e. The van der Waals surface area contributed by atoms with Crippen LogP contribution in [0, 0.1) is 12.8 Å². The van der Waals surface area contributed by atoms with Crippen LogP contribution in [0.1, 0.15) is 18.1 Å². The van der Waals surface area contributed by atoms with Crippen LogP contribution in [0.4, 0.5) is 13.2 Å². The largest absolute Gasteiger partial charge is 0.408 e. The second-order valence-electron chi connectivity index (χ2n) is 3.97. The predicted octanol–water partition coefficient (Wildman–Crippen LogP) is 0.988. The Bertz CT molecular complexity index is 429. The topological polar surface area (TPSA) is 68.0 Å². The molecule has 0 aromatic carbocycles. The highest BCUT2D eigenvalue weighted by atomic mass is 19.4. The first-order valence-electron chi connectivity index (χ1n) is 5.02. The number of amides is 1. The van der Waals surface area contributed by atoms with E-state index in [-0.39, 0.29) is 18.7 Å². The van der Waals surface area contributed by atoms with Crippen molar-refractivity contribution < 1.29 is 22.5 Å². The van der Waals surface area contributed by atoms with Gasteiger partial charge in [-0.1, -0.05) is 5.16 Å². The number of aryl methyl sites for hydroxylation is 1. The number of nitrogens with one attached hydrogen (secondary N) is 1. The molecule has 0 saturated carbocycles. The van der Waals surface area contributed by atoms with Gasteiger partial charge in [0.25, 0.3) is 0 Å². The molecule has 0 spiro atoms. The third-order valence-corrected chi connectivity index (χ3v) is 2.59. The smallest absolute Gasteiger partial charge is 0.344 e. The molecule has 2 heterocycles. The van der Waals surface area contributed by atoms with Gasteiger partial charge in [0.1, 0.15) is 6.04 Å². The molecule has 1 amide bonds. The van der Waals surface area contributed by atoms with Crippen LogP contribution in [0.3, 0.4) is 0 Å². The summed E-state index contributed by atoms with van der Waals surface area (Å²) in [4.78, 5) is 15.2. The van der Waals surface area contributed by atoms with Crippen LogP contribution in [0.5, 0.6) is 0 Å². The summed E-state index contributed by atoms with van der Waals surface area (Å²) < 4.78 is 41.9. The third-order valence-electron chi connectivity index (χ3n) is 2.59. The molecule has 17 heavy (non-hydrogen) atoms. The highest BCUT2D eigenvalue weighted by Gasteiger charge is 2.48. The number of rotatable bonds is 2. The maximum atomic E-state index is 12.4. The third kappa shape index (κ3) is 2.56. The van der Waals surface area contributed by atoms with Gasteiger partial charge in [0.2, 0.25) is 11.8 Å². The van der Waals surface area contributed by atoms with E-state index in [0.29, 0.717) is 5.82 Å². The lowest BCUT2D eigenvalue weighted by atomic mass is 10.0. The monoisotopic (exact) mass is 249 g/mol. The Balaban J connectivity index is 2.02. The van der Waals surface area contributed by atoms with Gasteiger partial charge in [-0.15, -0.1) is 0 Å². The molecule has 1 N–H and O–H groups in total. The van der Waals surface area contributed by atoms with Crippen molar-refractivity contribution in [2.75, 3.05) is 0 Å². The maximum absolute atomic E-state index is 12.4. The van der Waals surface area contributed by atoms with Crippen LogP contribution < -0.4 is 5.32 Å². The molecule has 5 nitrogen and oxygen atoms in total. The number of carbonyl (C=O) groups excluding carboxylic acids is 1. The first kappa shape index (κ1) is 11.9. The van der Waals surface area contributed by atoms with Gasteiger partial charge in [0.05, 0.1) is 0 Å². The van der Waals surface area contributed by atoms with Crippen LogP contribution in [-0.2, 0) is 11.2 Å². The van der Waals surface area contributed by atoms with Gasteiger partial charge in [-0.2, -0.15) is 18.2 Å². The zero-order valence-electron chi connectivity index (χ0n) is 8.91. The predicted molar refractivity (Wildman–Crippen MR) is 48.8 cm³/mol. The van der Waals surface area contributed by atoms with E-state index in [1.807, 2.05) is 5.32 Å². The summed E-state index contributed by atoms with van der Waals surface area (Å²) in [6, 6.07) is -1.77. The number of hydrogen-bond donors (Lipinski definition) is 1. The molecule has 2 rings (SSSR count). The first-order valence-corrected chi connectivity index (χ1v) is 5.02. The lowest BCUT2D eigenvalue weighted by Gasteiger charge is -2.13. The molecular formula is C9H10F3N3O2. The fourth-order valence-corrected chi connectivity index (χ4v) is 1.77. The molecule has 1 aliphatic heterocycles. The van der Waals surface area contributed by atoms with Gasteiger partial charge in [-0.05, 0) is 13.3 Å². The molecule has 1 aliphatic rings. The van der Waals surface area contributed by atoms with Gasteiger partial charge in [-0.3, -0.25) is 4.79 Å². The SMILES string of the molecule is Cc1noc(CC2CC(C(F)(F)F)NC2=O)n1. The van der Waals surface area contributed by atoms with Crippen LogP contribution in [0.2, 0.25) is 0 Å². The van der Waals surface area contributed by atoms with Crippen molar-refractivity contribution in [1.29, 1.82) is 0 Å². The Labute approximate surface area is 94.4 Å². The second-order valence-corrected chi connectivity index (χ2v) is 3.97. The molecule has 2 atom stereocenters. The molecule has 0 bridgehead atoms. The molecule has 1 aromatic heterocycles. The van der Waals surface area contributed by atoms with E-state index in [9.17, 15) is 18.0 Å². The fourth-order valence-electron chi connectivity index (χ4n) is 1.77. The van der Waals surface area contributed by atoms with E-state index in [0.717, 1.165) is 0 Å². The summed E-state index contributed by atoms with van der Waals surface area (Å²) in [6.45, 7) is 1.60. The minimum atomic E-state index is -4.41. The Kier molecular flexibility index (Phi) is 2.80. The molecule has 1 fully saturated rings. The molecule has 1 saturated heterocycles. The summed E-state index contributed by atoms with van der Waals surface area (Å²) in [6.07, 6.45) is -4.65. The summed E-state index contributed by atoms with van der Waals surface area (Å²) in [7, 11) is 0. The van der Waals surface area contributed by atoms with Crippen LogP contribution in [-0.4, -0.2) is 28.3 Å². The molecule has 2 unspecified atom stereocenters. The Morgan fingerprint density at radius 3 is 2.71 bits per heavy atom. The minimum absolute atomic E-state index is 0.0409. The molecule has 8 heteroatoms. The van der Waals surface area contributed by atoms with Crippen molar-refractivity contribution in [3.63, 3.8) is 0 Å². The summed E-state index contributed by atoms with van der Waals surface area (Å²) in [5, 5.41) is 5.43. The average Bonchev–Trinajstić information content (AvgIpc) is 2.74. The van der Waals surface area contributed by atoms with E-state index in [1.165, 1.54) is 0 Å². The normalized spacial score (nSPS) is 25.1. The number of aromatic nitrogens is 2. The number of halogens is 3. The van der Waals surface area contributed by atoms with Crippen molar-refractivity contribution in [2.24, 2.45) is 5.92 Å². The highest BCUT2D eigenvalue weighted by Crippen LogP contribution is 2.30. The molecule has 1 aromatic rings. The first-order chi connectivity index (χ1) is 7.86. The van der Waals surface area contributed by atoms with E-state index in [1.54, 1.807) is 6.92 Å². The van der Waals surface area contributed by atoms with Crippen molar-refractivity contribution in [3.8, 4) is 0 Å². The lowest BCUT2D eigenvalue weighted by molar-refractivity contribution is -0.154. The van der Waals surface area contributed by atoms with E-state index >= 15 is 0 Å². The van der Waals surface area contributed by atoms with Gasteiger partial charge >= 0.3 is 6.18 Å². The molecular weight excluding hydrogens is 239 g/mol. The van der Waals surface area contributed by atoms with Crippen LogP contribution >= 0.6 is 0 Å². The van der Waals surface area contributed by atoms with Crippen molar-refractivity contribution in [3.05, 3.63) is 11.7 Å².